The quantitative estimate of drug-likeness (QED) is 0.127. The molecule has 5 N–H and O–H groups in total. The predicted octanol–water partition coefficient (Wildman–Crippen LogP) is 7.11. The molecule has 0 aliphatic rings. The number of unbranched alkanes of at least 4 members (excludes halogenated alkanes) is 15. The van der Waals surface area contributed by atoms with Crippen LogP contribution >= 0.6 is 11.6 Å². The van der Waals surface area contributed by atoms with Crippen molar-refractivity contribution in [1.82, 2.24) is 6.15 Å². The maximum absolute atomic E-state index is 8.83. The summed E-state index contributed by atoms with van der Waals surface area (Å²) in [5.41, 5.74) is 0. The summed E-state index contributed by atoms with van der Waals surface area (Å²) < 4.78 is 0. The van der Waals surface area contributed by atoms with E-state index in [1.54, 1.807) is 0 Å². The largest absolute Gasteiger partial charge is 0.368 e. The Bertz CT molecular complexity index is 240. The lowest BCUT2D eigenvalue weighted by Gasteiger charge is -2.10. The van der Waals surface area contributed by atoms with E-state index in [4.69, 9.17) is 21.8 Å². The average Bonchev–Trinajstić information content (AvgIpc) is 2.53. The van der Waals surface area contributed by atoms with Gasteiger partial charge in [0.2, 0.25) is 0 Å². The molecular weight excluding hydrogens is 334 g/mol. The molecule has 25 heavy (non-hydrogen) atoms. The zero-order valence-corrected chi connectivity index (χ0v) is 17.6. The van der Waals surface area contributed by atoms with Crippen LogP contribution in [-0.4, -0.2) is 21.9 Å². The Hall–Kier alpha value is 0.170. The van der Waals surface area contributed by atoms with Crippen molar-refractivity contribution in [1.29, 1.82) is 0 Å². The molecular formula is C21H46ClNO2. The summed E-state index contributed by atoms with van der Waals surface area (Å²) in [6.45, 7) is 2.28. The highest BCUT2D eigenvalue weighted by molar-refractivity contribution is 6.20. The molecule has 0 aromatic heterocycles. The first-order chi connectivity index (χ1) is 11.7. The molecule has 0 heterocycles. The second-order valence-corrected chi connectivity index (χ2v) is 8.02. The molecule has 0 saturated carbocycles. The molecule has 1 atom stereocenters. The molecule has 0 fully saturated rings. The van der Waals surface area contributed by atoms with E-state index in [1.807, 2.05) is 0 Å². The molecule has 0 aliphatic heterocycles. The zero-order chi connectivity index (χ0) is 17.9. The standard InChI is InChI=1S/C21H43ClO2.H3N/c1-2-3-4-5-6-7-8-9-10-11-12-13-14-15-16-17-18-20(22)19-21(23)24;/h20-21,23-24H,2-19H2,1H3;1H3. The summed E-state index contributed by atoms with van der Waals surface area (Å²) in [6, 6.07) is 0. The Morgan fingerprint density at radius 3 is 1.24 bits per heavy atom. The van der Waals surface area contributed by atoms with Gasteiger partial charge < -0.3 is 16.4 Å². The van der Waals surface area contributed by atoms with Crippen LogP contribution in [-0.2, 0) is 0 Å². The Labute approximate surface area is 162 Å². The van der Waals surface area contributed by atoms with E-state index in [2.05, 4.69) is 6.92 Å². The highest BCUT2D eigenvalue weighted by Crippen LogP contribution is 2.16. The second kappa shape index (κ2) is 22.2. The minimum Gasteiger partial charge on any atom is -0.368 e. The van der Waals surface area contributed by atoms with Gasteiger partial charge in [-0.05, 0) is 6.42 Å². The Balaban J connectivity index is 0. The van der Waals surface area contributed by atoms with Gasteiger partial charge in [-0.2, -0.15) is 0 Å². The van der Waals surface area contributed by atoms with Crippen LogP contribution in [0.3, 0.4) is 0 Å². The number of hydrogen-bond donors (Lipinski definition) is 3. The maximum atomic E-state index is 8.83. The first-order valence-corrected chi connectivity index (χ1v) is 11.1. The average molecular weight is 380 g/mol. The number of aliphatic hydroxyl groups is 2. The summed E-state index contributed by atoms with van der Waals surface area (Å²) in [6.07, 6.45) is 21.9. The first-order valence-electron chi connectivity index (χ1n) is 10.7. The van der Waals surface area contributed by atoms with Gasteiger partial charge in [-0.25, -0.2) is 0 Å². The van der Waals surface area contributed by atoms with Crippen LogP contribution in [0.5, 0.6) is 0 Å². The molecule has 0 rings (SSSR count). The minimum atomic E-state index is -1.26. The van der Waals surface area contributed by atoms with E-state index in [9.17, 15) is 0 Å². The fraction of sp³-hybridized carbons (Fsp3) is 1.00. The number of aliphatic hydroxyl groups excluding tert-OH is 1. The van der Waals surface area contributed by atoms with Gasteiger partial charge in [0.25, 0.3) is 0 Å². The first kappa shape index (κ1) is 27.4. The van der Waals surface area contributed by atoms with Gasteiger partial charge >= 0.3 is 0 Å². The summed E-state index contributed by atoms with van der Waals surface area (Å²) in [5.74, 6) is 0. The minimum absolute atomic E-state index is 0. The van der Waals surface area contributed by atoms with Crippen molar-refractivity contribution >= 4 is 11.6 Å². The van der Waals surface area contributed by atoms with Crippen molar-refractivity contribution in [3.8, 4) is 0 Å². The predicted molar refractivity (Wildman–Crippen MR) is 112 cm³/mol. The molecule has 154 valence electrons. The van der Waals surface area contributed by atoms with E-state index in [0.717, 1.165) is 12.8 Å². The lowest BCUT2D eigenvalue weighted by molar-refractivity contribution is -0.0457. The zero-order valence-electron chi connectivity index (χ0n) is 16.9. The number of hydrogen-bond acceptors (Lipinski definition) is 3. The smallest absolute Gasteiger partial charge is 0.152 e. The van der Waals surface area contributed by atoms with Crippen molar-refractivity contribution in [2.75, 3.05) is 0 Å². The van der Waals surface area contributed by atoms with Crippen molar-refractivity contribution in [2.45, 2.75) is 134 Å². The highest BCUT2D eigenvalue weighted by atomic mass is 35.5. The van der Waals surface area contributed by atoms with E-state index in [-0.39, 0.29) is 11.5 Å². The molecule has 1 unspecified atom stereocenters. The normalized spacial score (nSPS) is 12.4. The SMILES string of the molecule is CCCCCCCCCCCCCCCCCCC(Cl)CC(O)O.N. The maximum Gasteiger partial charge on any atom is 0.152 e. The van der Waals surface area contributed by atoms with Crippen LogP contribution < -0.4 is 6.15 Å². The fourth-order valence-corrected chi connectivity index (χ4v) is 3.57. The summed E-state index contributed by atoms with van der Waals surface area (Å²) in [4.78, 5) is 0. The van der Waals surface area contributed by atoms with Gasteiger partial charge in [0.1, 0.15) is 0 Å². The van der Waals surface area contributed by atoms with Gasteiger partial charge in [0, 0.05) is 11.8 Å². The number of halogens is 1. The monoisotopic (exact) mass is 379 g/mol. The number of alkyl halides is 1. The van der Waals surface area contributed by atoms with Crippen LogP contribution in [0.1, 0.15) is 122 Å². The Morgan fingerprint density at radius 2 is 0.920 bits per heavy atom. The Kier molecular flexibility index (Phi) is 24.3. The molecule has 0 radical (unpaired) electrons. The van der Waals surface area contributed by atoms with Crippen molar-refractivity contribution < 1.29 is 10.2 Å². The summed E-state index contributed by atoms with van der Waals surface area (Å²) in [5, 5.41) is 17.6. The third-order valence-electron chi connectivity index (χ3n) is 4.84. The molecule has 0 aliphatic carbocycles. The van der Waals surface area contributed by atoms with Crippen molar-refractivity contribution in [2.24, 2.45) is 0 Å². The fourth-order valence-electron chi connectivity index (χ4n) is 3.26. The molecule has 3 nitrogen and oxygen atoms in total. The highest BCUT2D eigenvalue weighted by Gasteiger charge is 2.08. The van der Waals surface area contributed by atoms with Gasteiger partial charge in [-0.3, -0.25) is 0 Å². The molecule has 0 saturated heterocycles. The summed E-state index contributed by atoms with van der Waals surface area (Å²) in [7, 11) is 0. The van der Waals surface area contributed by atoms with E-state index >= 15 is 0 Å². The Morgan fingerprint density at radius 1 is 0.600 bits per heavy atom. The molecule has 0 aromatic carbocycles. The van der Waals surface area contributed by atoms with Gasteiger partial charge in [-0.1, -0.05) is 110 Å². The lowest BCUT2D eigenvalue weighted by atomic mass is 10.0. The van der Waals surface area contributed by atoms with Crippen LogP contribution in [0.25, 0.3) is 0 Å². The van der Waals surface area contributed by atoms with Gasteiger partial charge in [0.05, 0.1) is 0 Å². The van der Waals surface area contributed by atoms with Crippen molar-refractivity contribution in [3.05, 3.63) is 0 Å². The molecule has 0 spiro atoms. The van der Waals surface area contributed by atoms with Crippen molar-refractivity contribution in [3.63, 3.8) is 0 Å². The molecule has 4 heteroatoms. The van der Waals surface area contributed by atoms with Crippen LogP contribution in [0.4, 0.5) is 0 Å². The van der Waals surface area contributed by atoms with E-state index in [1.165, 1.54) is 96.3 Å². The van der Waals surface area contributed by atoms with Crippen LogP contribution in [0, 0.1) is 0 Å². The lowest BCUT2D eigenvalue weighted by Crippen LogP contribution is -2.12. The third-order valence-corrected chi connectivity index (χ3v) is 5.23. The van der Waals surface area contributed by atoms with Crippen LogP contribution in [0.15, 0.2) is 0 Å². The molecule has 0 bridgehead atoms. The topological polar surface area (TPSA) is 75.5 Å². The third kappa shape index (κ3) is 24.2. The number of rotatable bonds is 19. The molecule has 0 aromatic rings. The van der Waals surface area contributed by atoms with Gasteiger partial charge in [0.15, 0.2) is 6.29 Å². The second-order valence-electron chi connectivity index (χ2n) is 7.41. The van der Waals surface area contributed by atoms with E-state index in [0.29, 0.717) is 6.42 Å². The van der Waals surface area contributed by atoms with Gasteiger partial charge in [-0.15, -0.1) is 11.6 Å². The molecule has 0 amide bonds. The van der Waals surface area contributed by atoms with E-state index < -0.39 is 6.29 Å². The van der Waals surface area contributed by atoms with Crippen LogP contribution in [0.2, 0.25) is 0 Å². The summed E-state index contributed by atoms with van der Waals surface area (Å²) >= 11 is 6.02.